The molecule has 0 aromatic heterocycles. The van der Waals surface area contributed by atoms with Crippen LogP contribution in [0, 0.1) is 0 Å². The normalized spacial score (nSPS) is 25.0. The van der Waals surface area contributed by atoms with Gasteiger partial charge >= 0.3 is 0 Å². The summed E-state index contributed by atoms with van der Waals surface area (Å²) in [5.41, 5.74) is 4.90. The average molecular weight is 313 g/mol. The summed E-state index contributed by atoms with van der Waals surface area (Å²) >= 11 is 0. The van der Waals surface area contributed by atoms with E-state index in [4.69, 9.17) is 0 Å². The van der Waals surface area contributed by atoms with Crippen molar-refractivity contribution in [3.63, 3.8) is 0 Å². The smallest absolute Gasteiger partial charge is 0.00953 e. The molecule has 0 unspecified atom stereocenters. The molecule has 4 rings (SSSR count). The minimum absolute atomic E-state index is 0.793. The maximum atomic E-state index is 3.49. The third kappa shape index (κ3) is 3.64. The SMILES string of the molecule is c1cc2c(cc1C1CCNCC1)CCCN(C1CCCC1)CC2. The summed E-state index contributed by atoms with van der Waals surface area (Å²) in [6.07, 6.45) is 12.3. The molecule has 1 aromatic carbocycles. The predicted molar refractivity (Wildman–Crippen MR) is 97.1 cm³/mol. The highest BCUT2D eigenvalue weighted by molar-refractivity contribution is 5.35. The Morgan fingerprint density at radius 1 is 0.826 bits per heavy atom. The fraction of sp³-hybridized carbons (Fsp3) is 0.714. The quantitative estimate of drug-likeness (QED) is 0.891. The second-order valence-electron chi connectivity index (χ2n) is 7.88. The zero-order chi connectivity index (χ0) is 15.5. The van der Waals surface area contributed by atoms with Crippen LogP contribution in [-0.2, 0) is 12.8 Å². The van der Waals surface area contributed by atoms with E-state index >= 15 is 0 Å². The van der Waals surface area contributed by atoms with Crippen molar-refractivity contribution in [3.05, 3.63) is 34.9 Å². The van der Waals surface area contributed by atoms with Crippen molar-refractivity contribution in [2.24, 2.45) is 0 Å². The number of rotatable bonds is 2. The molecular formula is C21H32N2. The lowest BCUT2D eigenvalue weighted by Crippen LogP contribution is -2.37. The molecule has 2 fully saturated rings. The van der Waals surface area contributed by atoms with Crippen LogP contribution in [0.3, 0.4) is 0 Å². The van der Waals surface area contributed by atoms with Crippen LogP contribution in [0.4, 0.5) is 0 Å². The van der Waals surface area contributed by atoms with E-state index in [2.05, 4.69) is 28.4 Å². The van der Waals surface area contributed by atoms with Crippen LogP contribution in [0.15, 0.2) is 18.2 Å². The van der Waals surface area contributed by atoms with Gasteiger partial charge in [0.1, 0.15) is 0 Å². The second kappa shape index (κ2) is 7.36. The first-order valence-corrected chi connectivity index (χ1v) is 9.96. The van der Waals surface area contributed by atoms with Gasteiger partial charge in [-0.25, -0.2) is 0 Å². The van der Waals surface area contributed by atoms with Gasteiger partial charge in [-0.15, -0.1) is 0 Å². The topological polar surface area (TPSA) is 15.3 Å². The molecule has 0 amide bonds. The highest BCUT2D eigenvalue weighted by atomic mass is 15.2. The van der Waals surface area contributed by atoms with Gasteiger partial charge in [-0.05, 0) is 87.2 Å². The minimum atomic E-state index is 0.793. The van der Waals surface area contributed by atoms with E-state index in [1.807, 2.05) is 0 Å². The molecule has 2 aliphatic heterocycles. The number of nitrogens with zero attached hydrogens (tertiary/aromatic N) is 1. The molecular weight excluding hydrogens is 280 g/mol. The Kier molecular flexibility index (Phi) is 5.01. The third-order valence-electron chi connectivity index (χ3n) is 6.44. The van der Waals surface area contributed by atoms with Gasteiger partial charge in [-0.3, -0.25) is 0 Å². The van der Waals surface area contributed by atoms with Crippen LogP contribution in [0.2, 0.25) is 0 Å². The number of fused-ring (bicyclic) bond motifs is 1. The first-order valence-electron chi connectivity index (χ1n) is 9.96. The maximum Gasteiger partial charge on any atom is 0.00953 e. The number of hydrogen-bond donors (Lipinski definition) is 1. The summed E-state index contributed by atoms with van der Waals surface area (Å²) in [6, 6.07) is 8.36. The maximum absolute atomic E-state index is 3.49. The predicted octanol–water partition coefficient (Wildman–Crippen LogP) is 3.89. The van der Waals surface area contributed by atoms with E-state index in [9.17, 15) is 0 Å². The number of benzene rings is 1. The van der Waals surface area contributed by atoms with E-state index < -0.39 is 0 Å². The summed E-state index contributed by atoms with van der Waals surface area (Å²) < 4.78 is 0. The summed E-state index contributed by atoms with van der Waals surface area (Å²) in [5, 5.41) is 3.49. The van der Waals surface area contributed by atoms with E-state index in [1.165, 1.54) is 84.0 Å². The van der Waals surface area contributed by atoms with Crippen molar-refractivity contribution in [3.8, 4) is 0 Å². The molecule has 1 aromatic rings. The van der Waals surface area contributed by atoms with E-state index in [1.54, 1.807) is 16.7 Å². The molecule has 126 valence electrons. The Morgan fingerprint density at radius 3 is 2.48 bits per heavy atom. The number of piperidine rings is 1. The Hall–Kier alpha value is -0.860. The second-order valence-corrected chi connectivity index (χ2v) is 7.88. The van der Waals surface area contributed by atoms with Gasteiger partial charge in [0.25, 0.3) is 0 Å². The highest BCUT2D eigenvalue weighted by Crippen LogP contribution is 2.30. The molecule has 3 aliphatic rings. The van der Waals surface area contributed by atoms with Crippen molar-refractivity contribution in [2.45, 2.75) is 69.7 Å². The van der Waals surface area contributed by atoms with Gasteiger partial charge in [0, 0.05) is 12.6 Å². The van der Waals surface area contributed by atoms with Gasteiger partial charge in [-0.2, -0.15) is 0 Å². The lowest BCUT2D eigenvalue weighted by molar-refractivity contribution is 0.195. The standard InChI is InChI=1S/C21H32N2/c1-2-6-21(5-1)23-14-3-4-19-16-20(8-7-17(19)11-15-23)18-9-12-22-13-10-18/h7-8,16,18,21-22H,1-6,9-15H2. The average Bonchev–Trinajstić information content (AvgIpc) is 3.11. The van der Waals surface area contributed by atoms with Crippen molar-refractivity contribution < 1.29 is 0 Å². The minimum Gasteiger partial charge on any atom is -0.317 e. The van der Waals surface area contributed by atoms with Gasteiger partial charge in [-0.1, -0.05) is 31.0 Å². The van der Waals surface area contributed by atoms with Gasteiger partial charge in [0.2, 0.25) is 0 Å². The highest BCUT2D eigenvalue weighted by Gasteiger charge is 2.24. The molecule has 1 saturated carbocycles. The first-order chi connectivity index (χ1) is 11.4. The van der Waals surface area contributed by atoms with Crippen LogP contribution >= 0.6 is 0 Å². The molecule has 2 nitrogen and oxygen atoms in total. The largest absolute Gasteiger partial charge is 0.317 e. The van der Waals surface area contributed by atoms with Gasteiger partial charge < -0.3 is 10.2 Å². The van der Waals surface area contributed by atoms with E-state index in [0.717, 1.165) is 12.0 Å². The van der Waals surface area contributed by atoms with Crippen LogP contribution in [0.1, 0.15) is 67.6 Å². The molecule has 0 spiro atoms. The van der Waals surface area contributed by atoms with Crippen molar-refractivity contribution >= 4 is 0 Å². The van der Waals surface area contributed by atoms with Crippen LogP contribution in [0.5, 0.6) is 0 Å². The number of aryl methyl sites for hydroxylation is 1. The van der Waals surface area contributed by atoms with Crippen LogP contribution < -0.4 is 5.32 Å². The van der Waals surface area contributed by atoms with E-state index in [0.29, 0.717) is 0 Å². The number of nitrogens with one attached hydrogen (secondary N) is 1. The van der Waals surface area contributed by atoms with E-state index in [-0.39, 0.29) is 0 Å². The molecule has 2 heteroatoms. The van der Waals surface area contributed by atoms with Gasteiger partial charge in [0.05, 0.1) is 0 Å². The summed E-state index contributed by atoms with van der Waals surface area (Å²) in [7, 11) is 0. The molecule has 0 bridgehead atoms. The molecule has 0 radical (unpaired) electrons. The Bertz CT molecular complexity index is 513. The first kappa shape index (κ1) is 15.7. The van der Waals surface area contributed by atoms with Crippen molar-refractivity contribution in [2.75, 3.05) is 26.2 Å². The molecule has 23 heavy (non-hydrogen) atoms. The Labute approximate surface area is 141 Å². The summed E-state index contributed by atoms with van der Waals surface area (Å²) in [4.78, 5) is 2.80. The Morgan fingerprint density at radius 2 is 1.65 bits per heavy atom. The van der Waals surface area contributed by atoms with Crippen LogP contribution in [-0.4, -0.2) is 37.1 Å². The van der Waals surface area contributed by atoms with Crippen LogP contribution in [0.25, 0.3) is 0 Å². The fourth-order valence-electron chi connectivity index (χ4n) is 5.01. The monoisotopic (exact) mass is 312 g/mol. The number of hydrogen-bond acceptors (Lipinski definition) is 2. The fourth-order valence-corrected chi connectivity index (χ4v) is 5.01. The van der Waals surface area contributed by atoms with Crippen molar-refractivity contribution in [1.29, 1.82) is 0 Å². The van der Waals surface area contributed by atoms with Gasteiger partial charge in [0.15, 0.2) is 0 Å². The molecule has 1 saturated heterocycles. The van der Waals surface area contributed by atoms with Crippen molar-refractivity contribution in [1.82, 2.24) is 10.2 Å². The molecule has 0 atom stereocenters. The summed E-state index contributed by atoms with van der Waals surface area (Å²) in [5.74, 6) is 0.793. The zero-order valence-electron chi connectivity index (χ0n) is 14.5. The molecule has 2 heterocycles. The third-order valence-corrected chi connectivity index (χ3v) is 6.44. The Balaban J connectivity index is 1.46. The summed E-state index contributed by atoms with van der Waals surface area (Å²) in [6.45, 7) is 4.99. The molecule has 1 N–H and O–H groups in total. The lowest BCUT2D eigenvalue weighted by atomic mass is 9.86. The zero-order valence-corrected chi connectivity index (χ0v) is 14.5. The lowest BCUT2D eigenvalue weighted by Gasteiger charge is -2.31. The molecule has 1 aliphatic carbocycles.